The Kier molecular flexibility index (Phi) is 3.28. The number of benzene rings is 1. The van der Waals surface area contributed by atoms with Crippen molar-refractivity contribution in [1.82, 2.24) is 0 Å². The first-order valence-corrected chi connectivity index (χ1v) is 4.11. The highest BCUT2D eigenvalue weighted by Gasteiger charge is 2.08. The topological polar surface area (TPSA) is 12.4 Å². The Bertz CT molecular complexity index is 358. The van der Waals surface area contributed by atoms with Gasteiger partial charge < -0.3 is 0 Å². The van der Waals surface area contributed by atoms with Gasteiger partial charge in [-0.3, -0.25) is 4.99 Å². The Morgan fingerprint density at radius 2 is 2.00 bits per heavy atom. The molecule has 0 aliphatic carbocycles. The third kappa shape index (κ3) is 2.34. The molecule has 0 amide bonds. The number of rotatable bonds is 2. The van der Waals surface area contributed by atoms with Crippen molar-refractivity contribution in [3.8, 4) is 0 Å². The summed E-state index contributed by atoms with van der Waals surface area (Å²) in [4.78, 5) is 3.65. The summed E-state index contributed by atoms with van der Waals surface area (Å²) in [5.41, 5.74) is 0.231. The zero-order chi connectivity index (χ0) is 10.7. The Morgan fingerprint density at radius 3 is 2.57 bits per heavy atom. The molecular formula is C10H10F3N. The second kappa shape index (κ2) is 4.26. The van der Waals surface area contributed by atoms with Crippen LogP contribution in [0.2, 0.25) is 0 Å². The summed E-state index contributed by atoms with van der Waals surface area (Å²) < 4.78 is 37.2. The van der Waals surface area contributed by atoms with Gasteiger partial charge in [-0.25, -0.2) is 13.2 Å². The molecule has 14 heavy (non-hydrogen) atoms. The zero-order valence-corrected chi connectivity index (χ0v) is 7.89. The molecule has 0 saturated carbocycles. The van der Waals surface area contributed by atoms with Crippen molar-refractivity contribution in [3.63, 3.8) is 0 Å². The van der Waals surface area contributed by atoms with E-state index in [1.807, 2.05) is 0 Å². The molecule has 0 aliphatic heterocycles. The SMILES string of the molecule is C/C(=N\c1cccc(F)c1C)C(F)F. The van der Waals surface area contributed by atoms with Crippen molar-refractivity contribution in [1.29, 1.82) is 0 Å². The van der Waals surface area contributed by atoms with Crippen LogP contribution in [-0.4, -0.2) is 12.1 Å². The summed E-state index contributed by atoms with van der Waals surface area (Å²) in [6.45, 7) is 2.72. The van der Waals surface area contributed by atoms with Crippen LogP contribution in [0.25, 0.3) is 0 Å². The van der Waals surface area contributed by atoms with Crippen molar-refractivity contribution < 1.29 is 13.2 Å². The molecule has 0 bridgehead atoms. The number of alkyl halides is 2. The van der Waals surface area contributed by atoms with E-state index in [1.54, 1.807) is 0 Å². The lowest BCUT2D eigenvalue weighted by Crippen LogP contribution is -2.04. The molecule has 1 nitrogen and oxygen atoms in total. The predicted molar refractivity (Wildman–Crippen MR) is 49.9 cm³/mol. The fourth-order valence-corrected chi connectivity index (χ4v) is 0.956. The van der Waals surface area contributed by atoms with E-state index >= 15 is 0 Å². The van der Waals surface area contributed by atoms with Crippen LogP contribution >= 0.6 is 0 Å². The highest BCUT2D eigenvalue weighted by Crippen LogP contribution is 2.21. The van der Waals surface area contributed by atoms with Gasteiger partial charge in [0.05, 0.1) is 11.4 Å². The first-order valence-electron chi connectivity index (χ1n) is 4.11. The summed E-state index contributed by atoms with van der Waals surface area (Å²) in [7, 11) is 0. The molecule has 0 spiro atoms. The minimum absolute atomic E-state index is 0.253. The maximum Gasteiger partial charge on any atom is 0.276 e. The molecule has 0 aliphatic rings. The second-order valence-electron chi connectivity index (χ2n) is 2.94. The number of nitrogens with zero attached hydrogens (tertiary/aromatic N) is 1. The lowest BCUT2D eigenvalue weighted by molar-refractivity contribution is 0.225. The highest BCUT2D eigenvalue weighted by atomic mass is 19.3. The van der Waals surface area contributed by atoms with Gasteiger partial charge in [-0.05, 0) is 26.0 Å². The number of hydrogen-bond acceptors (Lipinski definition) is 1. The normalized spacial score (nSPS) is 12.3. The summed E-state index contributed by atoms with van der Waals surface area (Å²) in [6.07, 6.45) is -2.60. The smallest absolute Gasteiger partial charge is 0.252 e. The minimum Gasteiger partial charge on any atom is -0.252 e. The third-order valence-electron chi connectivity index (χ3n) is 1.85. The van der Waals surface area contributed by atoms with E-state index in [-0.39, 0.29) is 17.0 Å². The highest BCUT2D eigenvalue weighted by molar-refractivity contribution is 5.87. The Balaban J connectivity index is 3.09. The largest absolute Gasteiger partial charge is 0.276 e. The molecule has 76 valence electrons. The number of halogens is 3. The van der Waals surface area contributed by atoms with Crippen LogP contribution in [0.15, 0.2) is 23.2 Å². The van der Waals surface area contributed by atoms with E-state index in [4.69, 9.17) is 0 Å². The molecular weight excluding hydrogens is 191 g/mol. The molecule has 0 aromatic heterocycles. The van der Waals surface area contributed by atoms with Crippen LogP contribution in [0, 0.1) is 12.7 Å². The van der Waals surface area contributed by atoms with Crippen molar-refractivity contribution >= 4 is 11.4 Å². The van der Waals surface area contributed by atoms with Crippen LogP contribution in [0.3, 0.4) is 0 Å². The molecule has 0 heterocycles. The average Bonchev–Trinajstić information content (AvgIpc) is 2.12. The van der Waals surface area contributed by atoms with Gasteiger partial charge in [0.2, 0.25) is 0 Å². The van der Waals surface area contributed by atoms with Crippen molar-refractivity contribution in [2.45, 2.75) is 20.3 Å². The standard InChI is InChI=1S/C10H10F3N/c1-6-8(11)4-3-5-9(6)14-7(2)10(12)13/h3-5,10H,1-2H3/b14-7+. The second-order valence-corrected chi connectivity index (χ2v) is 2.94. The van der Waals surface area contributed by atoms with E-state index in [0.29, 0.717) is 0 Å². The molecule has 0 fully saturated rings. The van der Waals surface area contributed by atoms with Gasteiger partial charge in [-0.15, -0.1) is 0 Å². The number of aliphatic imine (C=N–C) groups is 1. The molecule has 1 aromatic rings. The Hall–Kier alpha value is -1.32. The van der Waals surface area contributed by atoms with Gasteiger partial charge in [0.25, 0.3) is 6.43 Å². The lowest BCUT2D eigenvalue weighted by atomic mass is 10.2. The van der Waals surface area contributed by atoms with E-state index < -0.39 is 12.2 Å². The monoisotopic (exact) mass is 201 g/mol. The molecule has 0 radical (unpaired) electrons. The molecule has 0 N–H and O–H groups in total. The minimum atomic E-state index is -2.60. The quantitative estimate of drug-likeness (QED) is 0.649. The van der Waals surface area contributed by atoms with Gasteiger partial charge in [-0.2, -0.15) is 0 Å². The maximum absolute atomic E-state index is 13.0. The van der Waals surface area contributed by atoms with Gasteiger partial charge in [0.15, 0.2) is 0 Å². The van der Waals surface area contributed by atoms with Gasteiger partial charge in [-0.1, -0.05) is 6.07 Å². The molecule has 0 atom stereocenters. The first kappa shape index (κ1) is 10.8. The predicted octanol–water partition coefficient (Wildman–Crippen LogP) is 3.49. The van der Waals surface area contributed by atoms with Crippen molar-refractivity contribution in [2.75, 3.05) is 0 Å². The fourth-order valence-electron chi connectivity index (χ4n) is 0.956. The Labute approximate surface area is 80.3 Å². The van der Waals surface area contributed by atoms with E-state index in [2.05, 4.69) is 4.99 Å². The molecule has 0 saturated heterocycles. The maximum atomic E-state index is 13.0. The molecule has 1 aromatic carbocycles. The van der Waals surface area contributed by atoms with Gasteiger partial charge >= 0.3 is 0 Å². The fraction of sp³-hybridized carbons (Fsp3) is 0.300. The lowest BCUT2D eigenvalue weighted by Gasteiger charge is -2.03. The average molecular weight is 201 g/mol. The van der Waals surface area contributed by atoms with Crippen molar-refractivity contribution in [3.05, 3.63) is 29.6 Å². The summed E-state index contributed by atoms with van der Waals surface area (Å²) in [6, 6.07) is 4.22. The van der Waals surface area contributed by atoms with E-state index in [0.717, 1.165) is 0 Å². The first-order chi connectivity index (χ1) is 6.52. The third-order valence-corrected chi connectivity index (χ3v) is 1.85. The van der Waals surface area contributed by atoms with Crippen LogP contribution in [0.1, 0.15) is 12.5 Å². The van der Waals surface area contributed by atoms with Crippen LogP contribution in [-0.2, 0) is 0 Å². The Morgan fingerprint density at radius 1 is 1.36 bits per heavy atom. The van der Waals surface area contributed by atoms with E-state index in [1.165, 1.54) is 32.0 Å². The summed E-state index contributed by atoms with van der Waals surface area (Å²) in [5, 5.41) is 0. The van der Waals surface area contributed by atoms with Crippen molar-refractivity contribution in [2.24, 2.45) is 4.99 Å². The summed E-state index contributed by atoms with van der Waals surface area (Å²) >= 11 is 0. The van der Waals surface area contributed by atoms with Gasteiger partial charge in [0.1, 0.15) is 5.82 Å². The zero-order valence-electron chi connectivity index (χ0n) is 7.89. The van der Waals surface area contributed by atoms with E-state index in [9.17, 15) is 13.2 Å². The molecule has 4 heteroatoms. The van der Waals surface area contributed by atoms with Gasteiger partial charge in [0, 0.05) is 5.56 Å². The van der Waals surface area contributed by atoms with Crippen LogP contribution in [0.4, 0.5) is 18.9 Å². The summed E-state index contributed by atoms with van der Waals surface area (Å²) in [5.74, 6) is -0.437. The number of hydrogen-bond donors (Lipinski definition) is 0. The molecule has 0 unspecified atom stereocenters. The van der Waals surface area contributed by atoms with Crippen LogP contribution in [0.5, 0.6) is 0 Å². The van der Waals surface area contributed by atoms with Crippen LogP contribution < -0.4 is 0 Å². The molecule has 1 rings (SSSR count).